The smallest absolute Gasteiger partial charge is 0.273 e. The Morgan fingerprint density at radius 1 is 1.06 bits per heavy atom. The largest absolute Gasteiger partial charge is 0.495 e. The minimum absolute atomic E-state index is 0.0866. The van der Waals surface area contributed by atoms with E-state index in [2.05, 4.69) is 0 Å². The van der Waals surface area contributed by atoms with Crippen LogP contribution < -0.4 is 9.04 Å². The Morgan fingerprint density at radius 2 is 1.90 bits per heavy atom. The van der Waals surface area contributed by atoms with E-state index in [4.69, 9.17) is 9.15 Å². The first-order valence-corrected chi connectivity index (χ1v) is 11.1. The summed E-state index contributed by atoms with van der Waals surface area (Å²) >= 11 is 0. The van der Waals surface area contributed by atoms with Gasteiger partial charge in [-0.15, -0.1) is 0 Å². The van der Waals surface area contributed by atoms with Crippen LogP contribution in [0.25, 0.3) is 21.9 Å². The first-order chi connectivity index (χ1) is 14.9. The molecule has 0 N–H and O–H groups in total. The molecule has 0 amide bonds. The summed E-state index contributed by atoms with van der Waals surface area (Å²) in [6.45, 7) is 0.353. The molecule has 1 aliphatic heterocycles. The minimum Gasteiger partial charge on any atom is -0.495 e. The van der Waals surface area contributed by atoms with Gasteiger partial charge in [-0.1, -0.05) is 12.1 Å². The highest BCUT2D eigenvalue weighted by atomic mass is 32.2. The van der Waals surface area contributed by atoms with Gasteiger partial charge in [0, 0.05) is 23.4 Å². The summed E-state index contributed by atoms with van der Waals surface area (Å²) in [6.07, 6.45) is 1.49. The summed E-state index contributed by atoms with van der Waals surface area (Å²) in [7, 11) is -2.34. The molecule has 3 aromatic carbocycles. The summed E-state index contributed by atoms with van der Waals surface area (Å²) in [4.78, 5) is 10.7. The zero-order valence-corrected chi connectivity index (χ0v) is 17.4. The average Bonchev–Trinajstić information content (AvgIpc) is 3.15. The number of aryl methyl sites for hydroxylation is 1. The molecule has 8 nitrogen and oxygen atoms in total. The normalized spacial score (nSPS) is 14.0. The van der Waals surface area contributed by atoms with Crippen molar-refractivity contribution in [2.75, 3.05) is 18.0 Å². The third-order valence-corrected chi connectivity index (χ3v) is 7.38. The van der Waals surface area contributed by atoms with Crippen molar-refractivity contribution in [3.63, 3.8) is 0 Å². The number of fused-ring (bicyclic) bond motifs is 4. The molecule has 0 saturated heterocycles. The van der Waals surface area contributed by atoms with Crippen molar-refractivity contribution in [3.8, 4) is 5.75 Å². The van der Waals surface area contributed by atoms with Gasteiger partial charge in [0.1, 0.15) is 16.9 Å². The van der Waals surface area contributed by atoms with Crippen molar-refractivity contribution in [2.24, 2.45) is 0 Å². The number of para-hydroxylation sites is 1. The number of rotatable bonds is 4. The maximum Gasteiger partial charge on any atom is 0.273 e. The molecule has 0 spiro atoms. The molecule has 0 atom stereocenters. The van der Waals surface area contributed by atoms with Gasteiger partial charge in [-0.25, -0.2) is 8.42 Å². The summed E-state index contributed by atoms with van der Waals surface area (Å²) in [5.74, 6) is 0.517. The van der Waals surface area contributed by atoms with E-state index in [0.717, 1.165) is 12.0 Å². The van der Waals surface area contributed by atoms with Gasteiger partial charge in [-0.2, -0.15) is 0 Å². The van der Waals surface area contributed by atoms with Gasteiger partial charge in [0.25, 0.3) is 15.7 Å². The Kier molecular flexibility index (Phi) is 4.37. The number of nitro benzene ring substituents is 1. The summed E-state index contributed by atoms with van der Waals surface area (Å²) in [5.41, 5.74) is 2.21. The van der Waals surface area contributed by atoms with Crippen LogP contribution in [0.1, 0.15) is 12.0 Å². The van der Waals surface area contributed by atoms with Crippen LogP contribution >= 0.6 is 0 Å². The van der Waals surface area contributed by atoms with Crippen molar-refractivity contribution in [1.82, 2.24) is 0 Å². The zero-order valence-electron chi connectivity index (χ0n) is 16.6. The number of furan rings is 1. The Balaban J connectivity index is 1.66. The highest BCUT2D eigenvalue weighted by Crippen LogP contribution is 2.40. The molecule has 0 bridgehead atoms. The van der Waals surface area contributed by atoms with E-state index in [1.807, 2.05) is 12.1 Å². The zero-order chi connectivity index (χ0) is 21.8. The van der Waals surface area contributed by atoms with Crippen LogP contribution in [-0.2, 0) is 16.4 Å². The van der Waals surface area contributed by atoms with Crippen LogP contribution in [0.3, 0.4) is 0 Å². The Morgan fingerprint density at radius 3 is 2.68 bits per heavy atom. The monoisotopic (exact) mass is 438 g/mol. The fourth-order valence-electron chi connectivity index (χ4n) is 4.13. The van der Waals surface area contributed by atoms with Crippen molar-refractivity contribution in [1.29, 1.82) is 0 Å². The number of benzene rings is 3. The number of hydrogen-bond acceptors (Lipinski definition) is 6. The first-order valence-electron chi connectivity index (χ1n) is 9.69. The van der Waals surface area contributed by atoms with E-state index in [1.165, 1.54) is 29.6 Å². The van der Waals surface area contributed by atoms with Gasteiger partial charge in [-0.05, 0) is 48.7 Å². The van der Waals surface area contributed by atoms with Crippen molar-refractivity contribution in [2.45, 2.75) is 17.7 Å². The van der Waals surface area contributed by atoms with Crippen molar-refractivity contribution >= 4 is 43.3 Å². The Bertz CT molecular complexity index is 1440. The Labute approximate surface area is 177 Å². The van der Waals surface area contributed by atoms with Crippen LogP contribution in [0.4, 0.5) is 11.4 Å². The molecule has 2 heterocycles. The lowest BCUT2D eigenvalue weighted by molar-refractivity contribution is -0.384. The molecule has 1 aromatic heterocycles. The number of nitro groups is 1. The molecule has 0 aliphatic carbocycles. The third kappa shape index (κ3) is 3.00. The topological polar surface area (TPSA) is 103 Å². The van der Waals surface area contributed by atoms with Crippen LogP contribution in [0.15, 0.2) is 63.9 Å². The predicted octanol–water partition coefficient (Wildman–Crippen LogP) is 4.64. The number of nitrogens with zero attached hydrogens (tertiary/aromatic N) is 2. The van der Waals surface area contributed by atoms with Gasteiger partial charge in [0.15, 0.2) is 0 Å². The Hall–Kier alpha value is -3.59. The minimum atomic E-state index is -3.86. The summed E-state index contributed by atoms with van der Waals surface area (Å²) < 4.78 is 39.8. The second kappa shape index (κ2) is 6.98. The van der Waals surface area contributed by atoms with E-state index >= 15 is 0 Å². The van der Waals surface area contributed by atoms with E-state index in [-0.39, 0.29) is 10.6 Å². The molecule has 1 aliphatic rings. The number of ether oxygens (including phenoxy) is 1. The SMILES string of the molecule is COc1cccc2c1N(S(=O)(=O)c1ccc3oc4cc([N+](=O)[O-])ccc4c3c1)CCC2. The highest BCUT2D eigenvalue weighted by Gasteiger charge is 2.32. The lowest BCUT2D eigenvalue weighted by Crippen LogP contribution is -2.35. The fourth-order valence-corrected chi connectivity index (χ4v) is 5.71. The highest BCUT2D eigenvalue weighted by molar-refractivity contribution is 7.92. The molecule has 0 radical (unpaired) electrons. The number of anilines is 1. The third-order valence-electron chi connectivity index (χ3n) is 5.58. The van der Waals surface area contributed by atoms with Crippen molar-refractivity contribution < 1.29 is 22.5 Å². The molecular formula is C22H18N2O6S. The lowest BCUT2D eigenvalue weighted by atomic mass is 10.0. The molecule has 0 fully saturated rings. The molecule has 31 heavy (non-hydrogen) atoms. The predicted molar refractivity (Wildman–Crippen MR) is 116 cm³/mol. The maximum atomic E-state index is 13.6. The van der Waals surface area contributed by atoms with Gasteiger partial charge < -0.3 is 9.15 Å². The molecule has 0 saturated carbocycles. The van der Waals surface area contributed by atoms with E-state index in [1.54, 1.807) is 24.3 Å². The maximum absolute atomic E-state index is 13.6. The summed E-state index contributed by atoms with van der Waals surface area (Å²) in [6, 6.07) is 14.5. The van der Waals surface area contributed by atoms with Crippen LogP contribution in [0.2, 0.25) is 0 Å². The van der Waals surface area contributed by atoms with Crippen LogP contribution in [-0.4, -0.2) is 27.0 Å². The average molecular weight is 438 g/mol. The molecule has 0 unspecified atom stereocenters. The molecule has 158 valence electrons. The van der Waals surface area contributed by atoms with Crippen LogP contribution in [0.5, 0.6) is 5.75 Å². The van der Waals surface area contributed by atoms with Gasteiger partial charge in [0.05, 0.1) is 28.7 Å². The lowest BCUT2D eigenvalue weighted by Gasteiger charge is -2.31. The molecule has 4 aromatic rings. The van der Waals surface area contributed by atoms with Gasteiger partial charge in [0.2, 0.25) is 0 Å². The van der Waals surface area contributed by atoms with Crippen molar-refractivity contribution in [3.05, 3.63) is 70.3 Å². The summed E-state index contributed by atoms with van der Waals surface area (Å²) in [5, 5.41) is 12.2. The first kappa shape index (κ1) is 19.4. The second-order valence-electron chi connectivity index (χ2n) is 7.35. The van der Waals surface area contributed by atoms with Gasteiger partial charge >= 0.3 is 0 Å². The number of methoxy groups -OCH3 is 1. The molecular weight excluding hydrogens is 420 g/mol. The quantitative estimate of drug-likeness (QED) is 0.340. The fraction of sp³-hybridized carbons (Fsp3) is 0.182. The van der Waals surface area contributed by atoms with Crippen LogP contribution in [0, 0.1) is 10.1 Å². The number of hydrogen-bond donors (Lipinski definition) is 0. The van der Waals surface area contributed by atoms with E-state index in [0.29, 0.717) is 46.3 Å². The van der Waals surface area contributed by atoms with E-state index < -0.39 is 14.9 Å². The van der Waals surface area contributed by atoms with E-state index in [9.17, 15) is 18.5 Å². The second-order valence-corrected chi connectivity index (χ2v) is 9.21. The number of sulfonamides is 1. The molecule has 5 rings (SSSR count). The molecule has 9 heteroatoms. The number of non-ortho nitro benzene ring substituents is 1. The standard InChI is InChI=1S/C22H18N2O6S/c1-29-20-6-2-4-14-5-3-11-23(22(14)20)31(27,28)16-8-10-19-18(13-16)17-9-7-15(24(25)26)12-21(17)30-19/h2,4,6-10,12-13H,3,5,11H2,1H3. The van der Waals surface area contributed by atoms with Gasteiger partial charge in [-0.3, -0.25) is 14.4 Å².